The molecule has 1 fully saturated rings. The highest BCUT2D eigenvalue weighted by Gasteiger charge is 2.32. The van der Waals surface area contributed by atoms with E-state index in [2.05, 4.69) is 34.6 Å². The van der Waals surface area contributed by atoms with Crippen LogP contribution in [0.4, 0.5) is 0 Å². The Hall–Kier alpha value is -0.570. The summed E-state index contributed by atoms with van der Waals surface area (Å²) in [4.78, 5) is 14.5. The van der Waals surface area contributed by atoms with Crippen LogP contribution in [-0.4, -0.2) is 29.9 Å². The fraction of sp³-hybridized carbons (Fsp3) is 0.938. The minimum absolute atomic E-state index is 0.152. The largest absolute Gasteiger partial charge is 0.341 e. The average Bonchev–Trinajstić information content (AvgIpc) is 2.27. The van der Waals surface area contributed by atoms with Crippen LogP contribution in [0, 0.1) is 17.3 Å². The molecule has 0 bridgehead atoms. The van der Waals surface area contributed by atoms with Crippen LogP contribution in [0.25, 0.3) is 0 Å². The van der Waals surface area contributed by atoms with Crippen molar-refractivity contribution >= 4 is 5.91 Å². The molecule has 1 rings (SSSR count). The predicted molar refractivity (Wildman–Crippen MR) is 80.8 cm³/mol. The van der Waals surface area contributed by atoms with Crippen LogP contribution in [0.15, 0.2) is 0 Å². The number of rotatable bonds is 4. The summed E-state index contributed by atoms with van der Waals surface area (Å²) in [6.07, 6.45) is 4.08. The van der Waals surface area contributed by atoms with Crippen LogP contribution < -0.4 is 5.73 Å². The molecule has 0 radical (unpaired) electrons. The minimum Gasteiger partial charge on any atom is -0.341 e. The van der Waals surface area contributed by atoms with Gasteiger partial charge in [0.25, 0.3) is 0 Å². The normalized spacial score (nSPS) is 24.9. The van der Waals surface area contributed by atoms with Crippen molar-refractivity contribution in [2.75, 3.05) is 13.1 Å². The zero-order valence-corrected chi connectivity index (χ0v) is 13.4. The van der Waals surface area contributed by atoms with Gasteiger partial charge in [-0.25, -0.2) is 0 Å². The zero-order chi connectivity index (χ0) is 14.6. The van der Waals surface area contributed by atoms with Crippen molar-refractivity contribution < 1.29 is 4.79 Å². The molecular formula is C16H32N2O. The lowest BCUT2D eigenvalue weighted by Gasteiger charge is -2.40. The Bertz CT molecular complexity index is 292. The van der Waals surface area contributed by atoms with Crippen molar-refractivity contribution in [2.24, 2.45) is 23.0 Å². The first-order chi connectivity index (χ1) is 8.76. The first-order valence-corrected chi connectivity index (χ1v) is 7.81. The summed E-state index contributed by atoms with van der Waals surface area (Å²) in [6.45, 7) is 12.6. The third-order valence-electron chi connectivity index (χ3n) is 4.12. The number of piperidine rings is 1. The Balaban J connectivity index is 2.67. The van der Waals surface area contributed by atoms with Crippen molar-refractivity contribution in [3.63, 3.8) is 0 Å². The molecule has 1 saturated heterocycles. The maximum atomic E-state index is 12.5. The molecule has 1 aliphatic rings. The molecule has 112 valence electrons. The van der Waals surface area contributed by atoms with Gasteiger partial charge in [0.15, 0.2) is 0 Å². The third kappa shape index (κ3) is 5.13. The van der Waals surface area contributed by atoms with Gasteiger partial charge in [-0.15, -0.1) is 0 Å². The molecule has 19 heavy (non-hydrogen) atoms. The number of carbonyl (C=O) groups excluding carboxylic acids is 1. The molecule has 0 spiro atoms. The van der Waals surface area contributed by atoms with E-state index >= 15 is 0 Å². The van der Waals surface area contributed by atoms with Gasteiger partial charge in [-0.1, -0.05) is 34.6 Å². The van der Waals surface area contributed by atoms with Crippen molar-refractivity contribution in [3.05, 3.63) is 0 Å². The molecule has 0 aromatic heterocycles. The highest BCUT2D eigenvalue weighted by molar-refractivity contribution is 5.78. The number of carbonyl (C=O) groups is 1. The van der Waals surface area contributed by atoms with Gasteiger partial charge in [-0.2, -0.15) is 0 Å². The summed E-state index contributed by atoms with van der Waals surface area (Å²) in [5.41, 5.74) is 6.47. The Morgan fingerprint density at radius 3 is 2.32 bits per heavy atom. The van der Waals surface area contributed by atoms with Crippen LogP contribution in [0.3, 0.4) is 0 Å². The number of amides is 1. The summed E-state index contributed by atoms with van der Waals surface area (Å²) in [7, 11) is 0. The van der Waals surface area contributed by atoms with Crippen LogP contribution in [0.2, 0.25) is 0 Å². The molecule has 2 N–H and O–H groups in total. The molecule has 0 aliphatic carbocycles. The highest BCUT2D eigenvalue weighted by atomic mass is 16.2. The average molecular weight is 268 g/mol. The van der Waals surface area contributed by atoms with Crippen LogP contribution in [0.1, 0.15) is 60.3 Å². The van der Waals surface area contributed by atoms with E-state index in [9.17, 15) is 4.79 Å². The van der Waals surface area contributed by atoms with Gasteiger partial charge in [0.1, 0.15) is 0 Å². The molecule has 0 aromatic carbocycles. The standard InChI is InChI=1S/C16H32N2O/c1-6-13(7-2)15(19)18-10-12(8-14(17)11-18)9-16(3,4)5/h12-14H,6-11,17H2,1-5H3. The molecule has 0 aromatic rings. The van der Waals surface area contributed by atoms with Gasteiger partial charge in [0, 0.05) is 25.0 Å². The maximum Gasteiger partial charge on any atom is 0.225 e. The summed E-state index contributed by atoms with van der Waals surface area (Å²) in [5, 5.41) is 0. The second-order valence-electron chi connectivity index (χ2n) is 7.38. The molecule has 1 heterocycles. The lowest BCUT2D eigenvalue weighted by molar-refractivity contribution is -0.138. The van der Waals surface area contributed by atoms with Gasteiger partial charge in [-0.3, -0.25) is 4.79 Å². The fourth-order valence-corrected chi connectivity index (χ4v) is 3.34. The van der Waals surface area contributed by atoms with Gasteiger partial charge >= 0.3 is 0 Å². The number of hydrogen-bond donors (Lipinski definition) is 1. The number of nitrogens with zero attached hydrogens (tertiary/aromatic N) is 1. The first kappa shape index (κ1) is 16.5. The smallest absolute Gasteiger partial charge is 0.225 e. The van der Waals surface area contributed by atoms with Crippen molar-refractivity contribution in [1.82, 2.24) is 4.90 Å². The van der Waals surface area contributed by atoms with E-state index in [0.717, 1.165) is 38.8 Å². The van der Waals surface area contributed by atoms with Gasteiger partial charge in [0.2, 0.25) is 5.91 Å². The quantitative estimate of drug-likeness (QED) is 0.852. The Labute approximate surface area is 118 Å². The fourth-order valence-electron chi connectivity index (χ4n) is 3.34. The SMILES string of the molecule is CCC(CC)C(=O)N1CC(N)CC(CC(C)(C)C)C1. The summed E-state index contributed by atoms with van der Waals surface area (Å²) >= 11 is 0. The van der Waals surface area contributed by atoms with Crippen molar-refractivity contribution in [3.8, 4) is 0 Å². The number of likely N-dealkylation sites (tertiary alicyclic amines) is 1. The molecule has 2 atom stereocenters. The van der Waals surface area contributed by atoms with E-state index in [-0.39, 0.29) is 12.0 Å². The molecule has 0 saturated carbocycles. The molecule has 3 heteroatoms. The van der Waals surface area contributed by atoms with Crippen molar-refractivity contribution in [2.45, 2.75) is 66.3 Å². The van der Waals surface area contributed by atoms with Gasteiger partial charge in [0.05, 0.1) is 0 Å². The Kier molecular flexibility index (Phi) is 5.84. The lowest BCUT2D eigenvalue weighted by Crippen LogP contribution is -2.51. The number of nitrogens with two attached hydrogens (primary N) is 1. The van der Waals surface area contributed by atoms with Crippen molar-refractivity contribution in [1.29, 1.82) is 0 Å². The van der Waals surface area contributed by atoms with E-state index < -0.39 is 0 Å². The van der Waals surface area contributed by atoms with Crippen LogP contribution >= 0.6 is 0 Å². The second-order valence-corrected chi connectivity index (χ2v) is 7.38. The molecule has 1 aliphatic heterocycles. The third-order valence-corrected chi connectivity index (χ3v) is 4.12. The van der Waals surface area contributed by atoms with E-state index in [4.69, 9.17) is 5.73 Å². The van der Waals surface area contributed by atoms with E-state index in [1.807, 2.05) is 4.90 Å². The summed E-state index contributed by atoms with van der Waals surface area (Å²) in [5.74, 6) is 1.06. The Morgan fingerprint density at radius 1 is 1.26 bits per heavy atom. The van der Waals surface area contributed by atoms with Crippen LogP contribution in [-0.2, 0) is 4.79 Å². The minimum atomic E-state index is 0.152. The van der Waals surface area contributed by atoms with Gasteiger partial charge in [-0.05, 0) is 37.0 Å². The first-order valence-electron chi connectivity index (χ1n) is 7.81. The lowest BCUT2D eigenvalue weighted by atomic mass is 9.80. The second kappa shape index (κ2) is 6.74. The topological polar surface area (TPSA) is 46.3 Å². The molecular weight excluding hydrogens is 236 g/mol. The molecule has 2 unspecified atom stereocenters. The Morgan fingerprint density at radius 2 is 1.84 bits per heavy atom. The zero-order valence-electron chi connectivity index (χ0n) is 13.4. The van der Waals surface area contributed by atoms with E-state index in [1.54, 1.807) is 0 Å². The van der Waals surface area contributed by atoms with Crippen LogP contribution in [0.5, 0.6) is 0 Å². The molecule has 3 nitrogen and oxygen atoms in total. The maximum absolute atomic E-state index is 12.5. The predicted octanol–water partition coefficient (Wildman–Crippen LogP) is 3.03. The summed E-state index contributed by atoms with van der Waals surface area (Å²) in [6, 6.07) is 0.152. The highest BCUT2D eigenvalue weighted by Crippen LogP contribution is 2.30. The monoisotopic (exact) mass is 268 g/mol. The van der Waals surface area contributed by atoms with E-state index in [0.29, 0.717) is 17.2 Å². The summed E-state index contributed by atoms with van der Waals surface area (Å²) < 4.78 is 0. The van der Waals surface area contributed by atoms with Gasteiger partial charge < -0.3 is 10.6 Å². The van der Waals surface area contributed by atoms with E-state index in [1.165, 1.54) is 0 Å². The number of hydrogen-bond acceptors (Lipinski definition) is 2. The molecule has 1 amide bonds.